The predicted octanol–water partition coefficient (Wildman–Crippen LogP) is 4.35. The molecule has 0 radical (unpaired) electrons. The van der Waals surface area contributed by atoms with E-state index in [4.69, 9.17) is 4.74 Å². The van der Waals surface area contributed by atoms with Gasteiger partial charge in [-0.3, -0.25) is 4.99 Å². The average molecular weight is 560 g/mol. The Morgan fingerprint density at radius 1 is 1.19 bits per heavy atom. The van der Waals surface area contributed by atoms with Gasteiger partial charge in [-0.1, -0.05) is 30.3 Å². The third-order valence-corrected chi connectivity index (χ3v) is 5.43. The zero-order chi connectivity index (χ0) is 22.1. The number of carbonyl (C=O) groups excluding carboxylic acids is 1. The first-order valence-electron chi connectivity index (χ1n) is 10.1. The van der Waals surface area contributed by atoms with Crippen LogP contribution in [0.5, 0.6) is 0 Å². The number of nitrogens with zero attached hydrogens (tertiary/aromatic N) is 2. The lowest BCUT2D eigenvalue weighted by atomic mass is 10.1. The zero-order valence-electron chi connectivity index (χ0n) is 19.1. The molecule has 0 saturated heterocycles. The Hall–Kier alpha value is -1.88. The number of alkyl carbamates (subject to hydrolysis) is 1. The Balaban J connectivity index is 0.00000480. The molecule has 2 rings (SSSR count). The summed E-state index contributed by atoms with van der Waals surface area (Å²) in [5.74, 6) is 0.673. The predicted molar refractivity (Wildman–Crippen MR) is 139 cm³/mol. The zero-order valence-corrected chi connectivity index (χ0v) is 22.3. The fourth-order valence-electron chi connectivity index (χ4n) is 2.74. The number of aryl methyl sites for hydroxylation is 2. The van der Waals surface area contributed by atoms with Crippen LogP contribution in [-0.4, -0.2) is 42.8 Å². The van der Waals surface area contributed by atoms with Gasteiger partial charge >= 0.3 is 6.09 Å². The molecule has 2 aromatic rings. The van der Waals surface area contributed by atoms with Crippen molar-refractivity contribution in [1.29, 1.82) is 0 Å². The van der Waals surface area contributed by atoms with Gasteiger partial charge in [-0.05, 0) is 40.2 Å². The number of hydrogen-bond donors (Lipinski definition) is 3. The molecule has 1 heterocycles. The second kappa shape index (κ2) is 12.8. The van der Waals surface area contributed by atoms with E-state index in [0.29, 0.717) is 12.5 Å². The average Bonchev–Trinajstić information content (AvgIpc) is 3.00. The van der Waals surface area contributed by atoms with Gasteiger partial charge in [0.25, 0.3) is 0 Å². The largest absolute Gasteiger partial charge is 0.444 e. The van der Waals surface area contributed by atoms with Crippen LogP contribution in [0.25, 0.3) is 0 Å². The van der Waals surface area contributed by atoms with Gasteiger partial charge < -0.3 is 20.7 Å². The van der Waals surface area contributed by atoms with Crippen LogP contribution >= 0.6 is 35.3 Å². The Bertz CT molecular complexity index is 830. The van der Waals surface area contributed by atoms with Crippen LogP contribution < -0.4 is 16.0 Å². The molecule has 9 heteroatoms. The van der Waals surface area contributed by atoms with E-state index in [1.54, 1.807) is 18.4 Å². The van der Waals surface area contributed by atoms with Gasteiger partial charge in [0.1, 0.15) is 5.60 Å². The van der Waals surface area contributed by atoms with Crippen molar-refractivity contribution in [3.63, 3.8) is 0 Å². The van der Waals surface area contributed by atoms with Crippen molar-refractivity contribution in [2.45, 2.75) is 52.7 Å². The molecule has 31 heavy (non-hydrogen) atoms. The van der Waals surface area contributed by atoms with Crippen LogP contribution in [0, 0.1) is 13.8 Å². The van der Waals surface area contributed by atoms with Gasteiger partial charge in [-0.15, -0.1) is 35.3 Å². The van der Waals surface area contributed by atoms with Gasteiger partial charge in [-0.25, -0.2) is 9.78 Å². The minimum absolute atomic E-state index is 0. The van der Waals surface area contributed by atoms with Crippen molar-refractivity contribution in [1.82, 2.24) is 20.9 Å². The lowest BCUT2D eigenvalue weighted by Crippen LogP contribution is -2.44. The van der Waals surface area contributed by atoms with Crippen LogP contribution in [0.15, 0.2) is 35.3 Å². The maximum Gasteiger partial charge on any atom is 0.408 e. The monoisotopic (exact) mass is 559 g/mol. The van der Waals surface area contributed by atoms with Gasteiger partial charge in [0, 0.05) is 31.4 Å². The van der Waals surface area contributed by atoms with Crippen LogP contribution in [0.4, 0.5) is 4.79 Å². The molecule has 172 valence electrons. The maximum atomic E-state index is 12.3. The number of aromatic nitrogens is 1. The molecule has 1 unspecified atom stereocenters. The molecule has 0 fully saturated rings. The standard InChI is InChI=1S/C22H33N5O2S.HI/c1-15-16(2)30-19(26-15)12-13-24-20(23-6)25-14-18(17-10-8-7-9-11-17)27-21(28)29-22(3,4)5;/h7-11,18H,12-14H2,1-6H3,(H,27,28)(H2,23,24,25);1H. The summed E-state index contributed by atoms with van der Waals surface area (Å²) in [5.41, 5.74) is 1.53. The van der Waals surface area contributed by atoms with Crippen LogP contribution in [0.2, 0.25) is 0 Å². The second-order valence-corrected chi connectivity index (χ2v) is 9.28. The number of ether oxygens (including phenoxy) is 1. The first-order chi connectivity index (χ1) is 14.2. The number of amides is 1. The van der Waals surface area contributed by atoms with E-state index in [2.05, 4.69) is 32.9 Å². The van der Waals surface area contributed by atoms with E-state index in [-0.39, 0.29) is 30.0 Å². The number of guanidine groups is 1. The lowest BCUT2D eigenvalue weighted by molar-refractivity contribution is 0.0504. The van der Waals surface area contributed by atoms with Crippen molar-refractivity contribution < 1.29 is 9.53 Å². The molecule has 0 aliphatic heterocycles. The van der Waals surface area contributed by atoms with E-state index >= 15 is 0 Å². The first-order valence-corrected chi connectivity index (χ1v) is 10.9. The molecule has 0 aliphatic rings. The lowest BCUT2D eigenvalue weighted by Gasteiger charge is -2.24. The molecule has 0 aliphatic carbocycles. The number of nitrogens with one attached hydrogen (secondary N) is 3. The Labute approximate surface area is 206 Å². The smallest absolute Gasteiger partial charge is 0.408 e. The van der Waals surface area contributed by atoms with Crippen molar-refractivity contribution in [3.8, 4) is 0 Å². The van der Waals surface area contributed by atoms with Crippen LogP contribution in [-0.2, 0) is 11.2 Å². The van der Waals surface area contributed by atoms with E-state index < -0.39 is 11.7 Å². The summed E-state index contributed by atoms with van der Waals surface area (Å²) >= 11 is 1.73. The minimum Gasteiger partial charge on any atom is -0.444 e. The number of hydrogen-bond acceptors (Lipinski definition) is 5. The number of rotatable bonds is 7. The van der Waals surface area contributed by atoms with Crippen LogP contribution in [0.1, 0.15) is 48.0 Å². The summed E-state index contributed by atoms with van der Waals surface area (Å²) in [6.07, 6.45) is 0.383. The number of thiazole rings is 1. The topological polar surface area (TPSA) is 87.6 Å². The highest BCUT2D eigenvalue weighted by molar-refractivity contribution is 14.0. The second-order valence-electron chi connectivity index (χ2n) is 7.99. The van der Waals surface area contributed by atoms with E-state index in [1.807, 2.05) is 58.0 Å². The molecule has 1 aromatic carbocycles. The van der Waals surface area contributed by atoms with Gasteiger partial charge in [0.05, 0.1) is 16.7 Å². The quantitative estimate of drug-likeness (QED) is 0.267. The molecule has 0 bridgehead atoms. The number of benzene rings is 1. The van der Waals surface area contributed by atoms with Crippen molar-refractivity contribution in [2.24, 2.45) is 4.99 Å². The highest BCUT2D eigenvalue weighted by Gasteiger charge is 2.20. The molecule has 7 nitrogen and oxygen atoms in total. The third-order valence-electron chi connectivity index (χ3n) is 4.29. The molecule has 0 spiro atoms. The van der Waals surface area contributed by atoms with Gasteiger partial charge in [-0.2, -0.15) is 0 Å². The first kappa shape index (κ1) is 27.2. The summed E-state index contributed by atoms with van der Waals surface area (Å²) in [6, 6.07) is 9.54. The summed E-state index contributed by atoms with van der Waals surface area (Å²) in [7, 11) is 1.73. The SMILES string of the molecule is CN=C(NCCc1nc(C)c(C)s1)NCC(NC(=O)OC(C)(C)C)c1ccccc1.I. The summed E-state index contributed by atoms with van der Waals surface area (Å²) in [6.45, 7) is 10.9. The third kappa shape index (κ3) is 9.86. The number of carbonyl (C=O) groups is 1. The van der Waals surface area contributed by atoms with Gasteiger partial charge in [0.2, 0.25) is 0 Å². The molecular weight excluding hydrogens is 525 g/mol. The molecule has 1 atom stereocenters. The van der Waals surface area contributed by atoms with E-state index in [1.165, 1.54) is 4.88 Å². The Morgan fingerprint density at radius 3 is 2.42 bits per heavy atom. The Kier molecular flexibility index (Phi) is 11.3. The Morgan fingerprint density at radius 2 is 1.87 bits per heavy atom. The van der Waals surface area contributed by atoms with Crippen LogP contribution in [0.3, 0.4) is 0 Å². The number of halogens is 1. The molecule has 1 amide bonds. The maximum absolute atomic E-state index is 12.3. The fourth-order valence-corrected chi connectivity index (χ4v) is 3.67. The summed E-state index contributed by atoms with van der Waals surface area (Å²) in [5, 5.41) is 10.7. The van der Waals surface area contributed by atoms with Crippen molar-refractivity contribution in [2.75, 3.05) is 20.1 Å². The summed E-state index contributed by atoms with van der Waals surface area (Å²) < 4.78 is 5.42. The minimum atomic E-state index is -0.553. The fraction of sp³-hybridized carbons (Fsp3) is 0.500. The van der Waals surface area contributed by atoms with E-state index in [0.717, 1.165) is 29.2 Å². The number of aliphatic imine (C=N–C) groups is 1. The van der Waals surface area contributed by atoms with Crippen molar-refractivity contribution >= 4 is 47.4 Å². The highest BCUT2D eigenvalue weighted by atomic mass is 127. The van der Waals surface area contributed by atoms with Crippen molar-refractivity contribution in [3.05, 3.63) is 51.5 Å². The highest BCUT2D eigenvalue weighted by Crippen LogP contribution is 2.16. The van der Waals surface area contributed by atoms with E-state index in [9.17, 15) is 4.79 Å². The summed E-state index contributed by atoms with van der Waals surface area (Å²) in [4.78, 5) is 22.4. The normalized spacial score (nSPS) is 12.5. The van der Waals surface area contributed by atoms with Gasteiger partial charge in [0.15, 0.2) is 5.96 Å². The molecule has 1 aromatic heterocycles. The molecule has 3 N–H and O–H groups in total. The molecular formula is C22H34IN5O2S. The molecule has 0 saturated carbocycles.